The fraction of sp³-hybridized carbons (Fsp3) is 0.235. The molecule has 0 aliphatic carbocycles. The van der Waals surface area contributed by atoms with E-state index in [0.717, 1.165) is 17.7 Å². The maximum atomic E-state index is 13.4. The maximum Gasteiger partial charge on any atom is 0.430 e. The van der Waals surface area contributed by atoms with Gasteiger partial charge in [-0.1, -0.05) is 29.8 Å². The minimum absolute atomic E-state index is 0.154. The van der Waals surface area contributed by atoms with Gasteiger partial charge in [0, 0.05) is 11.3 Å². The summed E-state index contributed by atoms with van der Waals surface area (Å²) in [4.78, 5) is 12.2. The van der Waals surface area contributed by atoms with E-state index in [0.29, 0.717) is 5.75 Å². The Bertz CT molecular complexity index is 711. The van der Waals surface area contributed by atoms with Gasteiger partial charge in [-0.2, -0.15) is 13.2 Å². The summed E-state index contributed by atoms with van der Waals surface area (Å²) in [5.74, 6) is -1.27. The molecule has 0 spiro atoms. The second-order valence-electron chi connectivity index (χ2n) is 5.26. The number of nitrogens with one attached hydrogen (secondary N) is 1. The molecule has 0 saturated heterocycles. The first kappa shape index (κ1) is 17.8. The molecule has 2 aromatic rings. The Balaban J connectivity index is 2.39. The molecule has 2 N–H and O–H groups in total. The molecule has 0 heterocycles. The van der Waals surface area contributed by atoms with Crippen LogP contribution in [0.15, 0.2) is 48.5 Å². The topological polar surface area (TPSA) is 58.6 Å². The summed E-state index contributed by atoms with van der Waals surface area (Å²) in [5, 5.41) is 12.3. The minimum Gasteiger partial charge on any atom is -0.497 e. The van der Waals surface area contributed by atoms with Crippen LogP contribution >= 0.6 is 0 Å². The summed E-state index contributed by atoms with van der Waals surface area (Å²) < 4.78 is 45.2. The average Bonchev–Trinajstić information content (AvgIpc) is 2.55. The molecule has 1 atom stereocenters. The summed E-state index contributed by atoms with van der Waals surface area (Å²) in [7, 11) is 1.36. The van der Waals surface area contributed by atoms with Gasteiger partial charge in [0.05, 0.1) is 7.11 Å². The number of alkyl halides is 3. The Morgan fingerprint density at radius 3 is 2.04 bits per heavy atom. The van der Waals surface area contributed by atoms with Gasteiger partial charge < -0.3 is 15.2 Å². The van der Waals surface area contributed by atoms with Crippen LogP contribution in [0, 0.1) is 6.92 Å². The molecule has 0 saturated carbocycles. The number of ether oxygens (including phenoxy) is 1. The van der Waals surface area contributed by atoms with Crippen LogP contribution in [0.4, 0.5) is 18.9 Å². The van der Waals surface area contributed by atoms with Crippen molar-refractivity contribution in [1.29, 1.82) is 0 Å². The molecule has 7 heteroatoms. The van der Waals surface area contributed by atoms with E-state index < -0.39 is 23.2 Å². The molecule has 2 aromatic carbocycles. The second kappa shape index (κ2) is 6.52. The lowest BCUT2D eigenvalue weighted by Gasteiger charge is -2.29. The highest BCUT2D eigenvalue weighted by atomic mass is 19.4. The number of amides is 1. The highest BCUT2D eigenvalue weighted by Crippen LogP contribution is 2.40. The first-order valence-electron chi connectivity index (χ1n) is 7.00. The van der Waals surface area contributed by atoms with Gasteiger partial charge in [-0.05, 0) is 31.2 Å². The molecule has 0 bridgehead atoms. The van der Waals surface area contributed by atoms with Crippen LogP contribution in [-0.2, 0) is 10.4 Å². The van der Waals surface area contributed by atoms with Crippen molar-refractivity contribution in [2.75, 3.05) is 12.4 Å². The number of aryl methyl sites for hydroxylation is 1. The van der Waals surface area contributed by atoms with E-state index in [2.05, 4.69) is 5.32 Å². The van der Waals surface area contributed by atoms with Crippen LogP contribution in [0.3, 0.4) is 0 Å². The van der Waals surface area contributed by atoms with E-state index in [9.17, 15) is 23.1 Å². The summed E-state index contributed by atoms with van der Waals surface area (Å²) in [5.41, 5.74) is -3.24. The number of methoxy groups -OCH3 is 1. The normalized spacial score (nSPS) is 13.9. The fourth-order valence-electron chi connectivity index (χ4n) is 2.11. The van der Waals surface area contributed by atoms with Crippen LogP contribution < -0.4 is 10.1 Å². The van der Waals surface area contributed by atoms with E-state index in [4.69, 9.17) is 4.74 Å². The summed E-state index contributed by atoms with van der Waals surface area (Å²) in [6.07, 6.45) is -5.20. The zero-order chi connectivity index (χ0) is 18.0. The third kappa shape index (κ3) is 3.35. The standard InChI is InChI=1S/C17H16F3NO3/c1-11-3-7-13(8-4-11)21-15(22)16(23,17(18,19)20)12-5-9-14(24-2)10-6-12/h3-10,23H,1-2H3,(H,21,22). The zero-order valence-corrected chi connectivity index (χ0v) is 13.0. The molecule has 24 heavy (non-hydrogen) atoms. The van der Waals surface area contributed by atoms with Crippen molar-refractivity contribution in [3.8, 4) is 5.75 Å². The van der Waals surface area contributed by atoms with Gasteiger partial charge in [0.1, 0.15) is 5.75 Å². The summed E-state index contributed by atoms with van der Waals surface area (Å²) >= 11 is 0. The van der Waals surface area contributed by atoms with Crippen LogP contribution in [0.5, 0.6) is 5.75 Å². The van der Waals surface area contributed by atoms with Crippen molar-refractivity contribution in [2.24, 2.45) is 0 Å². The molecule has 128 valence electrons. The van der Waals surface area contributed by atoms with Crippen molar-refractivity contribution in [2.45, 2.75) is 18.7 Å². The Hall–Kier alpha value is -2.54. The molecule has 0 fully saturated rings. The van der Waals surface area contributed by atoms with Gasteiger partial charge in [0.2, 0.25) is 0 Å². The van der Waals surface area contributed by atoms with Gasteiger partial charge >= 0.3 is 6.18 Å². The number of carbonyl (C=O) groups excluding carboxylic acids is 1. The lowest BCUT2D eigenvalue weighted by molar-refractivity contribution is -0.254. The van der Waals surface area contributed by atoms with Crippen molar-refractivity contribution < 1.29 is 27.8 Å². The van der Waals surface area contributed by atoms with Crippen molar-refractivity contribution >= 4 is 11.6 Å². The third-order valence-corrected chi connectivity index (χ3v) is 3.56. The smallest absolute Gasteiger partial charge is 0.430 e. The highest BCUT2D eigenvalue weighted by molar-refractivity contribution is 5.98. The quantitative estimate of drug-likeness (QED) is 0.898. The molecule has 2 rings (SSSR count). The largest absolute Gasteiger partial charge is 0.497 e. The van der Waals surface area contributed by atoms with Crippen LogP contribution in [0.1, 0.15) is 11.1 Å². The highest BCUT2D eigenvalue weighted by Gasteiger charge is 2.60. The van der Waals surface area contributed by atoms with Crippen LogP contribution in [-0.4, -0.2) is 24.3 Å². The first-order valence-corrected chi connectivity index (χ1v) is 7.00. The van der Waals surface area contributed by atoms with E-state index in [1.165, 1.54) is 31.4 Å². The summed E-state index contributed by atoms with van der Waals surface area (Å²) in [6, 6.07) is 10.7. The Morgan fingerprint density at radius 2 is 1.58 bits per heavy atom. The lowest BCUT2D eigenvalue weighted by Crippen LogP contribution is -2.52. The van der Waals surface area contributed by atoms with Gasteiger partial charge in [-0.15, -0.1) is 0 Å². The molecular formula is C17H16F3NO3. The number of rotatable bonds is 4. The zero-order valence-electron chi connectivity index (χ0n) is 13.0. The molecule has 0 aromatic heterocycles. The van der Waals surface area contributed by atoms with Crippen LogP contribution in [0.25, 0.3) is 0 Å². The monoisotopic (exact) mass is 339 g/mol. The van der Waals surface area contributed by atoms with Crippen molar-refractivity contribution in [1.82, 2.24) is 0 Å². The SMILES string of the molecule is COc1ccc(C(O)(C(=O)Nc2ccc(C)cc2)C(F)(F)F)cc1. The number of benzene rings is 2. The molecule has 0 aliphatic heterocycles. The van der Waals surface area contributed by atoms with Gasteiger partial charge in [-0.3, -0.25) is 4.79 Å². The molecule has 4 nitrogen and oxygen atoms in total. The number of anilines is 1. The van der Waals surface area contributed by atoms with E-state index >= 15 is 0 Å². The number of hydrogen-bond acceptors (Lipinski definition) is 3. The Labute approximate surface area is 136 Å². The van der Waals surface area contributed by atoms with Crippen molar-refractivity contribution in [3.63, 3.8) is 0 Å². The first-order chi connectivity index (χ1) is 11.2. The Kier molecular flexibility index (Phi) is 4.84. The minimum atomic E-state index is -5.20. The Morgan fingerprint density at radius 1 is 1.04 bits per heavy atom. The van der Waals surface area contributed by atoms with E-state index in [1.54, 1.807) is 19.1 Å². The number of hydrogen-bond donors (Lipinski definition) is 2. The number of halogens is 3. The lowest BCUT2D eigenvalue weighted by atomic mass is 9.91. The molecule has 1 amide bonds. The number of carbonyl (C=O) groups is 1. The van der Waals surface area contributed by atoms with E-state index in [-0.39, 0.29) is 5.69 Å². The predicted octanol–water partition coefficient (Wildman–Crippen LogP) is 3.39. The predicted molar refractivity (Wildman–Crippen MR) is 82.8 cm³/mol. The van der Waals surface area contributed by atoms with Gasteiger partial charge in [0.15, 0.2) is 0 Å². The average molecular weight is 339 g/mol. The van der Waals surface area contributed by atoms with Crippen LogP contribution in [0.2, 0.25) is 0 Å². The number of aliphatic hydroxyl groups is 1. The fourth-order valence-corrected chi connectivity index (χ4v) is 2.11. The maximum absolute atomic E-state index is 13.4. The summed E-state index contributed by atoms with van der Waals surface area (Å²) in [6.45, 7) is 1.80. The van der Waals surface area contributed by atoms with Gasteiger partial charge in [-0.25, -0.2) is 0 Å². The van der Waals surface area contributed by atoms with Gasteiger partial charge in [0.25, 0.3) is 11.5 Å². The molecule has 1 unspecified atom stereocenters. The molecule has 0 aliphatic rings. The second-order valence-corrected chi connectivity index (χ2v) is 5.26. The molecular weight excluding hydrogens is 323 g/mol. The molecule has 0 radical (unpaired) electrons. The van der Waals surface area contributed by atoms with Crippen molar-refractivity contribution in [3.05, 3.63) is 59.7 Å². The van der Waals surface area contributed by atoms with E-state index in [1.807, 2.05) is 0 Å². The third-order valence-electron chi connectivity index (χ3n) is 3.56.